The average Bonchev–Trinajstić information content (AvgIpc) is 2.73. The van der Waals surface area contributed by atoms with Crippen LogP contribution in [-0.4, -0.2) is 30.1 Å². The van der Waals surface area contributed by atoms with Crippen molar-refractivity contribution in [3.05, 3.63) is 35.5 Å². The summed E-state index contributed by atoms with van der Waals surface area (Å²) in [4.78, 5) is 24.2. The van der Waals surface area contributed by atoms with Crippen molar-refractivity contribution in [1.29, 1.82) is 0 Å². The fraction of sp³-hybridized carbons (Fsp3) is 0.375. The second kappa shape index (κ2) is 6.92. The molecule has 0 aliphatic carbocycles. The van der Waals surface area contributed by atoms with Gasteiger partial charge in [-0.3, -0.25) is 4.79 Å². The van der Waals surface area contributed by atoms with Crippen molar-refractivity contribution in [1.82, 2.24) is 4.98 Å². The monoisotopic (exact) mass is 291 g/mol. The number of H-pyrrole nitrogens is 1. The number of esters is 1. The molecule has 114 valence electrons. The molecule has 1 aromatic carbocycles. The Balaban J connectivity index is 0.000000270. The zero-order valence-corrected chi connectivity index (χ0v) is 13.0. The van der Waals surface area contributed by atoms with E-state index in [-0.39, 0.29) is 11.6 Å². The molecule has 2 rings (SSSR count). The Hall–Kier alpha value is -2.30. The van der Waals surface area contributed by atoms with Crippen molar-refractivity contribution < 1.29 is 19.1 Å². The molecule has 5 heteroatoms. The van der Waals surface area contributed by atoms with Gasteiger partial charge in [-0.1, -0.05) is 18.2 Å². The van der Waals surface area contributed by atoms with Gasteiger partial charge in [0.15, 0.2) is 0 Å². The molecule has 0 bridgehead atoms. The van der Waals surface area contributed by atoms with Gasteiger partial charge in [-0.05, 0) is 33.8 Å². The van der Waals surface area contributed by atoms with Gasteiger partial charge in [-0.2, -0.15) is 0 Å². The highest BCUT2D eigenvalue weighted by Crippen LogP contribution is 2.22. The van der Waals surface area contributed by atoms with Crippen LogP contribution in [0.5, 0.6) is 0 Å². The van der Waals surface area contributed by atoms with E-state index < -0.39 is 0 Å². The van der Waals surface area contributed by atoms with Crippen molar-refractivity contribution in [3.8, 4) is 0 Å². The van der Waals surface area contributed by atoms with E-state index in [1.807, 2.05) is 52.0 Å². The van der Waals surface area contributed by atoms with Crippen LogP contribution < -0.4 is 0 Å². The highest BCUT2D eigenvalue weighted by atomic mass is 16.5. The average molecular weight is 291 g/mol. The standard InChI is InChI=1S/C11H11NO2.C5H10O2/c1-7-10(11(13)14-2)8-5-3-4-6-9(8)12-7;1-5(2,3)7-4-6/h3-6,12H,1-2H3;4H,1-3H3. The third-order valence-electron chi connectivity index (χ3n) is 2.68. The normalized spacial score (nSPS) is 10.5. The van der Waals surface area contributed by atoms with Crippen LogP contribution in [0.4, 0.5) is 0 Å². The highest BCUT2D eigenvalue weighted by molar-refractivity contribution is 6.05. The molecule has 2 aromatic rings. The van der Waals surface area contributed by atoms with Gasteiger partial charge in [0.25, 0.3) is 6.47 Å². The summed E-state index contributed by atoms with van der Waals surface area (Å²) < 4.78 is 9.27. The Labute approximate surface area is 124 Å². The highest BCUT2D eigenvalue weighted by Gasteiger charge is 2.15. The van der Waals surface area contributed by atoms with Gasteiger partial charge in [0, 0.05) is 16.6 Å². The lowest BCUT2D eigenvalue weighted by atomic mass is 10.1. The Morgan fingerprint density at radius 1 is 1.24 bits per heavy atom. The van der Waals surface area contributed by atoms with Crippen LogP contribution in [0.15, 0.2) is 24.3 Å². The summed E-state index contributed by atoms with van der Waals surface area (Å²) in [7, 11) is 1.39. The molecular formula is C16H21NO4. The molecule has 21 heavy (non-hydrogen) atoms. The number of nitrogens with one attached hydrogen (secondary N) is 1. The first-order valence-electron chi connectivity index (χ1n) is 6.57. The molecule has 0 saturated heterocycles. The summed E-state index contributed by atoms with van der Waals surface area (Å²) in [5.74, 6) is -0.292. The molecular weight excluding hydrogens is 270 g/mol. The summed E-state index contributed by atoms with van der Waals surface area (Å²) in [5, 5.41) is 0.914. The maximum Gasteiger partial charge on any atom is 0.340 e. The minimum atomic E-state index is -0.318. The van der Waals surface area contributed by atoms with Crippen LogP contribution in [-0.2, 0) is 14.3 Å². The summed E-state index contributed by atoms with van der Waals surface area (Å²) in [6.45, 7) is 7.79. The zero-order chi connectivity index (χ0) is 16.0. The van der Waals surface area contributed by atoms with Crippen molar-refractivity contribution in [2.24, 2.45) is 0 Å². The number of ether oxygens (including phenoxy) is 2. The van der Waals surface area contributed by atoms with Crippen molar-refractivity contribution in [3.63, 3.8) is 0 Å². The van der Waals surface area contributed by atoms with Crippen LogP contribution in [0.1, 0.15) is 36.8 Å². The molecule has 0 aliphatic heterocycles. The molecule has 0 aliphatic rings. The SMILES string of the molecule is CC(C)(C)OC=O.COC(=O)c1c(C)[nH]c2ccccc12. The maximum atomic E-state index is 11.5. The number of fused-ring (bicyclic) bond motifs is 1. The number of rotatable bonds is 2. The molecule has 1 N–H and O–H groups in total. The van der Waals surface area contributed by atoms with Gasteiger partial charge in [0.2, 0.25) is 0 Å². The lowest BCUT2D eigenvalue weighted by Gasteiger charge is -2.14. The van der Waals surface area contributed by atoms with Crippen molar-refractivity contribution in [2.75, 3.05) is 7.11 Å². The molecule has 0 saturated carbocycles. The van der Waals surface area contributed by atoms with E-state index in [4.69, 9.17) is 4.74 Å². The quantitative estimate of drug-likeness (QED) is 0.681. The largest absolute Gasteiger partial charge is 0.465 e. The van der Waals surface area contributed by atoms with Crippen molar-refractivity contribution in [2.45, 2.75) is 33.3 Å². The fourth-order valence-corrected chi connectivity index (χ4v) is 1.79. The lowest BCUT2D eigenvalue weighted by Crippen LogP contribution is -2.17. The molecule has 1 heterocycles. The second-order valence-electron chi connectivity index (χ2n) is 5.49. The third kappa shape index (κ3) is 4.63. The van der Waals surface area contributed by atoms with E-state index in [1.165, 1.54) is 7.11 Å². The van der Waals surface area contributed by atoms with E-state index in [9.17, 15) is 9.59 Å². The van der Waals surface area contributed by atoms with Gasteiger partial charge in [0.05, 0.1) is 12.7 Å². The van der Waals surface area contributed by atoms with Crippen LogP contribution in [0.2, 0.25) is 0 Å². The van der Waals surface area contributed by atoms with E-state index >= 15 is 0 Å². The summed E-state index contributed by atoms with van der Waals surface area (Å²) in [5.41, 5.74) is 2.12. The fourth-order valence-electron chi connectivity index (χ4n) is 1.79. The number of aromatic nitrogens is 1. The summed E-state index contributed by atoms with van der Waals surface area (Å²) >= 11 is 0. The molecule has 1 aromatic heterocycles. The first kappa shape index (κ1) is 16.8. The smallest absolute Gasteiger partial charge is 0.340 e. The Morgan fingerprint density at radius 2 is 1.86 bits per heavy atom. The van der Waals surface area contributed by atoms with Crippen LogP contribution in [0.25, 0.3) is 10.9 Å². The second-order valence-corrected chi connectivity index (χ2v) is 5.49. The number of hydrogen-bond acceptors (Lipinski definition) is 4. The van der Waals surface area contributed by atoms with E-state index in [1.54, 1.807) is 0 Å². The zero-order valence-electron chi connectivity index (χ0n) is 13.0. The Morgan fingerprint density at radius 3 is 2.33 bits per heavy atom. The number of benzene rings is 1. The number of methoxy groups -OCH3 is 1. The minimum absolute atomic E-state index is 0.292. The topological polar surface area (TPSA) is 68.4 Å². The van der Waals surface area contributed by atoms with Gasteiger partial charge in [-0.25, -0.2) is 4.79 Å². The number of para-hydroxylation sites is 1. The Kier molecular flexibility index (Phi) is 5.52. The predicted molar refractivity (Wildman–Crippen MR) is 81.3 cm³/mol. The first-order chi connectivity index (χ1) is 9.80. The number of carbonyl (C=O) groups is 2. The van der Waals surface area contributed by atoms with Gasteiger partial charge >= 0.3 is 5.97 Å². The number of hydrogen-bond donors (Lipinski definition) is 1. The third-order valence-corrected chi connectivity index (χ3v) is 2.68. The number of aryl methyl sites for hydroxylation is 1. The summed E-state index contributed by atoms with van der Waals surface area (Å²) in [6.07, 6.45) is 0. The van der Waals surface area contributed by atoms with Crippen molar-refractivity contribution >= 4 is 23.3 Å². The molecule has 0 amide bonds. The van der Waals surface area contributed by atoms with Gasteiger partial charge < -0.3 is 14.5 Å². The minimum Gasteiger partial charge on any atom is -0.465 e. The molecule has 0 radical (unpaired) electrons. The number of aromatic amines is 1. The van der Waals surface area contributed by atoms with Crippen LogP contribution >= 0.6 is 0 Å². The Bertz CT molecular complexity index is 623. The van der Waals surface area contributed by atoms with Crippen LogP contribution in [0.3, 0.4) is 0 Å². The number of carbonyl (C=O) groups excluding carboxylic acids is 2. The van der Waals surface area contributed by atoms with Crippen LogP contribution in [0, 0.1) is 6.92 Å². The molecule has 0 atom stereocenters. The molecule has 0 spiro atoms. The van der Waals surface area contributed by atoms with E-state index in [0.29, 0.717) is 12.0 Å². The molecule has 5 nitrogen and oxygen atoms in total. The van der Waals surface area contributed by atoms with E-state index in [2.05, 4.69) is 9.72 Å². The predicted octanol–water partition coefficient (Wildman–Crippen LogP) is 3.22. The van der Waals surface area contributed by atoms with Gasteiger partial charge in [-0.15, -0.1) is 0 Å². The lowest BCUT2D eigenvalue weighted by molar-refractivity contribution is -0.138. The maximum absolute atomic E-state index is 11.5. The molecule has 0 fully saturated rings. The first-order valence-corrected chi connectivity index (χ1v) is 6.57. The molecule has 0 unspecified atom stereocenters. The summed E-state index contributed by atoms with van der Waals surface area (Å²) in [6, 6.07) is 7.68. The van der Waals surface area contributed by atoms with E-state index in [0.717, 1.165) is 16.6 Å². The van der Waals surface area contributed by atoms with Gasteiger partial charge in [0.1, 0.15) is 5.60 Å².